The molecule has 2 aromatic rings. The van der Waals surface area contributed by atoms with Crippen LogP contribution in [-0.4, -0.2) is 29.9 Å². The molecule has 6 heteroatoms. The molecule has 1 saturated heterocycles. The first kappa shape index (κ1) is 19.4. The van der Waals surface area contributed by atoms with Gasteiger partial charge in [-0.15, -0.1) is 0 Å². The van der Waals surface area contributed by atoms with Crippen LogP contribution in [0.1, 0.15) is 42.0 Å². The van der Waals surface area contributed by atoms with Crippen molar-refractivity contribution in [2.75, 3.05) is 7.11 Å². The molecule has 0 aromatic heterocycles. The largest absolute Gasteiger partial charge is 0.497 e. The molecule has 1 heterocycles. The van der Waals surface area contributed by atoms with E-state index < -0.39 is 5.92 Å². The van der Waals surface area contributed by atoms with Crippen LogP contribution in [0, 0.1) is 18.7 Å². The Bertz CT molecular complexity index is 941. The molecule has 2 amide bonds. The molecule has 2 atom stereocenters. The average molecular weight is 396 g/mol. The number of benzene rings is 2. The Balaban J connectivity index is 1.55. The third-order valence-electron chi connectivity index (χ3n) is 5.78. The minimum Gasteiger partial charge on any atom is -0.497 e. The summed E-state index contributed by atoms with van der Waals surface area (Å²) in [5.41, 5.74) is 2.17. The summed E-state index contributed by atoms with van der Waals surface area (Å²) in [6, 6.07) is 12.4. The van der Waals surface area contributed by atoms with Crippen molar-refractivity contribution in [1.82, 2.24) is 10.2 Å². The number of nitrogens with one attached hydrogen (secondary N) is 1. The molecule has 29 heavy (non-hydrogen) atoms. The monoisotopic (exact) mass is 396 g/mol. The molecule has 0 radical (unpaired) electrons. The minimum atomic E-state index is -0.481. The normalized spacial score (nSPS) is 21.3. The summed E-state index contributed by atoms with van der Waals surface area (Å²) < 4.78 is 19.1. The molecule has 1 aliphatic heterocycles. The van der Waals surface area contributed by atoms with Gasteiger partial charge < -0.3 is 15.0 Å². The molecule has 1 aliphatic carbocycles. The highest BCUT2D eigenvalue weighted by atomic mass is 19.1. The molecule has 2 fully saturated rings. The molecule has 0 spiro atoms. The van der Waals surface area contributed by atoms with Crippen LogP contribution in [0.2, 0.25) is 0 Å². The molecular formula is C23H25FN2O3. The zero-order valence-electron chi connectivity index (χ0n) is 16.7. The number of halogens is 1. The maximum atomic E-state index is 13.8. The van der Waals surface area contributed by atoms with Crippen LogP contribution in [0.25, 0.3) is 0 Å². The molecule has 5 nitrogen and oxygen atoms in total. The summed E-state index contributed by atoms with van der Waals surface area (Å²) >= 11 is 0. The molecule has 2 aromatic carbocycles. The molecule has 0 bridgehead atoms. The van der Waals surface area contributed by atoms with Crippen LogP contribution in [0.4, 0.5) is 4.39 Å². The van der Waals surface area contributed by atoms with Crippen LogP contribution in [0.5, 0.6) is 5.75 Å². The van der Waals surface area contributed by atoms with E-state index in [1.54, 1.807) is 26.2 Å². The lowest BCUT2D eigenvalue weighted by Gasteiger charge is -2.28. The van der Waals surface area contributed by atoms with Gasteiger partial charge >= 0.3 is 0 Å². The van der Waals surface area contributed by atoms with E-state index in [0.29, 0.717) is 16.9 Å². The molecule has 1 N–H and O–H groups in total. The van der Waals surface area contributed by atoms with E-state index in [1.807, 2.05) is 29.2 Å². The molecular weight excluding hydrogens is 371 g/mol. The Morgan fingerprint density at radius 3 is 2.72 bits per heavy atom. The summed E-state index contributed by atoms with van der Waals surface area (Å²) in [6.07, 6.45) is 2.14. The smallest absolute Gasteiger partial charge is 0.226 e. The quantitative estimate of drug-likeness (QED) is 0.813. The van der Waals surface area contributed by atoms with Crippen LogP contribution >= 0.6 is 0 Å². The average Bonchev–Trinajstić information content (AvgIpc) is 3.50. The minimum absolute atomic E-state index is 0.0156. The number of amides is 2. The number of likely N-dealkylation sites (tertiary alicyclic amines) is 1. The fraction of sp³-hybridized carbons (Fsp3) is 0.391. The third-order valence-corrected chi connectivity index (χ3v) is 5.78. The summed E-state index contributed by atoms with van der Waals surface area (Å²) in [4.78, 5) is 27.6. The highest BCUT2D eigenvalue weighted by Gasteiger charge is 2.49. The third kappa shape index (κ3) is 3.97. The van der Waals surface area contributed by atoms with E-state index in [-0.39, 0.29) is 42.7 Å². The van der Waals surface area contributed by atoms with E-state index >= 15 is 0 Å². The second kappa shape index (κ2) is 7.85. The van der Waals surface area contributed by atoms with Crippen molar-refractivity contribution in [1.29, 1.82) is 0 Å². The number of aryl methyl sites for hydroxylation is 1. The van der Waals surface area contributed by atoms with Crippen molar-refractivity contribution in [3.8, 4) is 5.75 Å². The molecule has 1 saturated carbocycles. The Kier molecular flexibility index (Phi) is 5.26. The standard InChI is InChI=1S/C23H25FN2O3/c1-14-6-7-15(10-20(14)24)13-25-23(28)19-12-21(27)26(17-8-9-17)22(19)16-4-3-5-18(11-16)29-2/h3-7,10-11,17,19,22H,8-9,12-13H2,1-2H3,(H,25,28). The van der Waals surface area contributed by atoms with Gasteiger partial charge in [-0.2, -0.15) is 0 Å². The van der Waals surface area contributed by atoms with Crippen molar-refractivity contribution in [2.45, 2.75) is 44.8 Å². The van der Waals surface area contributed by atoms with Gasteiger partial charge in [0.25, 0.3) is 0 Å². The number of hydrogen-bond acceptors (Lipinski definition) is 3. The summed E-state index contributed by atoms with van der Waals surface area (Å²) in [6.45, 7) is 1.93. The van der Waals surface area contributed by atoms with Crippen molar-refractivity contribution in [2.24, 2.45) is 5.92 Å². The van der Waals surface area contributed by atoms with Crippen LogP contribution in [-0.2, 0) is 16.1 Å². The Morgan fingerprint density at radius 2 is 2.03 bits per heavy atom. The highest BCUT2D eigenvalue weighted by Crippen LogP contribution is 2.45. The van der Waals surface area contributed by atoms with E-state index in [0.717, 1.165) is 18.4 Å². The number of carbonyl (C=O) groups excluding carboxylic acids is 2. The Morgan fingerprint density at radius 1 is 1.24 bits per heavy atom. The number of ether oxygens (including phenoxy) is 1. The summed E-state index contributed by atoms with van der Waals surface area (Å²) in [5.74, 6) is -0.239. The molecule has 4 rings (SSSR count). The SMILES string of the molecule is COc1cccc(C2C(C(=O)NCc3ccc(C)c(F)c3)CC(=O)N2C2CC2)c1. The Labute approximate surface area is 169 Å². The summed E-state index contributed by atoms with van der Waals surface area (Å²) in [5, 5.41) is 2.90. The zero-order chi connectivity index (χ0) is 20.5. The second-order valence-electron chi connectivity index (χ2n) is 7.87. The molecule has 2 unspecified atom stereocenters. The van der Waals surface area contributed by atoms with E-state index in [2.05, 4.69) is 5.32 Å². The van der Waals surface area contributed by atoms with Crippen molar-refractivity contribution in [3.05, 3.63) is 65.0 Å². The zero-order valence-corrected chi connectivity index (χ0v) is 16.7. The van der Waals surface area contributed by atoms with E-state index in [4.69, 9.17) is 4.74 Å². The van der Waals surface area contributed by atoms with Gasteiger partial charge in [0.1, 0.15) is 11.6 Å². The lowest BCUT2D eigenvalue weighted by molar-refractivity contribution is -0.129. The first-order chi connectivity index (χ1) is 14.0. The van der Waals surface area contributed by atoms with Gasteiger partial charge in [0.15, 0.2) is 0 Å². The van der Waals surface area contributed by atoms with Gasteiger partial charge in [0.05, 0.1) is 19.1 Å². The predicted octanol–water partition coefficient (Wildman–Crippen LogP) is 3.51. The van der Waals surface area contributed by atoms with Gasteiger partial charge in [-0.25, -0.2) is 4.39 Å². The maximum absolute atomic E-state index is 13.8. The maximum Gasteiger partial charge on any atom is 0.226 e. The number of nitrogens with zero attached hydrogens (tertiary/aromatic N) is 1. The first-order valence-corrected chi connectivity index (χ1v) is 9.96. The topological polar surface area (TPSA) is 58.6 Å². The van der Waals surface area contributed by atoms with Gasteiger partial charge in [0.2, 0.25) is 11.8 Å². The van der Waals surface area contributed by atoms with Crippen LogP contribution < -0.4 is 10.1 Å². The van der Waals surface area contributed by atoms with E-state index in [9.17, 15) is 14.0 Å². The van der Waals surface area contributed by atoms with Crippen molar-refractivity contribution in [3.63, 3.8) is 0 Å². The Hall–Kier alpha value is -2.89. The first-order valence-electron chi connectivity index (χ1n) is 9.96. The number of rotatable bonds is 6. The van der Waals surface area contributed by atoms with Crippen molar-refractivity contribution < 1.29 is 18.7 Å². The van der Waals surface area contributed by atoms with E-state index in [1.165, 1.54) is 6.07 Å². The van der Waals surface area contributed by atoms with Gasteiger partial charge in [0, 0.05) is 19.0 Å². The highest BCUT2D eigenvalue weighted by molar-refractivity contribution is 5.90. The number of carbonyl (C=O) groups is 2. The van der Waals surface area contributed by atoms with Gasteiger partial charge in [-0.3, -0.25) is 9.59 Å². The van der Waals surface area contributed by atoms with Crippen LogP contribution in [0.15, 0.2) is 42.5 Å². The van der Waals surface area contributed by atoms with Gasteiger partial charge in [-0.05, 0) is 54.7 Å². The summed E-state index contributed by atoms with van der Waals surface area (Å²) in [7, 11) is 1.60. The number of methoxy groups -OCH3 is 1. The van der Waals surface area contributed by atoms with Crippen LogP contribution in [0.3, 0.4) is 0 Å². The fourth-order valence-corrected chi connectivity index (χ4v) is 4.06. The fourth-order valence-electron chi connectivity index (χ4n) is 4.06. The number of hydrogen-bond donors (Lipinski definition) is 1. The van der Waals surface area contributed by atoms with Crippen molar-refractivity contribution >= 4 is 11.8 Å². The lowest BCUT2D eigenvalue weighted by Crippen LogP contribution is -2.36. The predicted molar refractivity (Wildman–Crippen MR) is 107 cm³/mol. The lowest BCUT2D eigenvalue weighted by atomic mass is 9.92. The van der Waals surface area contributed by atoms with Gasteiger partial charge in [-0.1, -0.05) is 24.3 Å². The molecule has 152 valence electrons. The second-order valence-corrected chi connectivity index (χ2v) is 7.87. The molecule has 2 aliphatic rings.